The summed E-state index contributed by atoms with van der Waals surface area (Å²) >= 11 is 0. The van der Waals surface area contributed by atoms with Crippen molar-refractivity contribution in [2.75, 3.05) is 26.2 Å². The Balaban J connectivity index is 2.16. The van der Waals surface area contributed by atoms with Gasteiger partial charge in [-0.15, -0.1) is 0 Å². The Bertz CT molecular complexity index is 343. The van der Waals surface area contributed by atoms with Crippen molar-refractivity contribution in [1.29, 1.82) is 0 Å². The highest BCUT2D eigenvalue weighted by molar-refractivity contribution is 5.81. The summed E-state index contributed by atoms with van der Waals surface area (Å²) in [6.07, 6.45) is 4.38. The van der Waals surface area contributed by atoms with Gasteiger partial charge in [-0.05, 0) is 38.0 Å². The van der Waals surface area contributed by atoms with E-state index >= 15 is 0 Å². The summed E-state index contributed by atoms with van der Waals surface area (Å²) in [5.41, 5.74) is 0.369. The summed E-state index contributed by atoms with van der Waals surface area (Å²) in [4.78, 5) is 16.1. The molecule has 1 saturated carbocycles. The van der Waals surface area contributed by atoms with Crippen molar-refractivity contribution < 1.29 is 4.79 Å². The number of hydrogen-bond acceptors (Lipinski definition) is 2. The van der Waals surface area contributed by atoms with Gasteiger partial charge >= 0.3 is 0 Å². The third-order valence-corrected chi connectivity index (χ3v) is 3.36. The molecule has 122 valence electrons. The molecule has 0 radical (unpaired) electrons. The molecule has 0 spiro atoms. The average molecular weight is 296 g/mol. The van der Waals surface area contributed by atoms with Crippen molar-refractivity contribution >= 4 is 11.9 Å². The summed E-state index contributed by atoms with van der Waals surface area (Å²) in [5.74, 6) is 1.32. The third kappa shape index (κ3) is 9.32. The number of carbonyl (C=O) groups excluding carboxylic acids is 1. The minimum atomic E-state index is 0.198. The van der Waals surface area contributed by atoms with Crippen molar-refractivity contribution in [3.05, 3.63) is 0 Å². The molecule has 1 fully saturated rings. The van der Waals surface area contributed by atoms with Gasteiger partial charge in [-0.2, -0.15) is 0 Å². The zero-order valence-electron chi connectivity index (χ0n) is 14.1. The van der Waals surface area contributed by atoms with Crippen LogP contribution < -0.4 is 16.0 Å². The standard InChI is InChI=1S/C16H32N4O/c1-5-17-15(19-10-6-9-16(2,3)4)20-12-11-18-14(21)13-7-8-13/h13H,5-12H2,1-4H3,(H,18,21)(H2,17,19,20). The first-order valence-electron chi connectivity index (χ1n) is 8.22. The second-order valence-corrected chi connectivity index (χ2v) is 6.92. The predicted molar refractivity (Wildman–Crippen MR) is 88.4 cm³/mol. The van der Waals surface area contributed by atoms with E-state index in [1.54, 1.807) is 0 Å². The number of nitrogens with one attached hydrogen (secondary N) is 3. The van der Waals surface area contributed by atoms with Gasteiger partial charge in [0.1, 0.15) is 0 Å². The molecule has 5 heteroatoms. The second kappa shape index (κ2) is 8.90. The van der Waals surface area contributed by atoms with Crippen LogP contribution in [0.4, 0.5) is 0 Å². The van der Waals surface area contributed by atoms with E-state index in [2.05, 4.69) is 48.6 Å². The molecule has 0 aromatic rings. The number of rotatable bonds is 8. The molecule has 3 N–H and O–H groups in total. The number of aliphatic imine (C=N–C) groups is 1. The van der Waals surface area contributed by atoms with Crippen LogP contribution in [0, 0.1) is 11.3 Å². The molecule has 0 aliphatic heterocycles. The smallest absolute Gasteiger partial charge is 0.223 e. The molecule has 0 aromatic heterocycles. The molecule has 1 aliphatic rings. The van der Waals surface area contributed by atoms with Crippen LogP contribution in [0.15, 0.2) is 4.99 Å². The van der Waals surface area contributed by atoms with Crippen molar-refractivity contribution in [3.8, 4) is 0 Å². The second-order valence-electron chi connectivity index (χ2n) is 6.92. The van der Waals surface area contributed by atoms with Gasteiger partial charge in [0, 0.05) is 32.1 Å². The normalized spacial score (nSPS) is 15.7. The van der Waals surface area contributed by atoms with Crippen LogP contribution in [-0.4, -0.2) is 38.0 Å². The molecular formula is C16H32N4O. The molecule has 0 saturated heterocycles. The summed E-state index contributed by atoms with van der Waals surface area (Å²) in [5, 5.41) is 9.43. The van der Waals surface area contributed by atoms with Crippen molar-refractivity contribution in [3.63, 3.8) is 0 Å². The molecule has 21 heavy (non-hydrogen) atoms. The van der Waals surface area contributed by atoms with Crippen molar-refractivity contribution in [2.24, 2.45) is 16.3 Å². The molecule has 0 atom stereocenters. The van der Waals surface area contributed by atoms with Gasteiger partial charge in [0.2, 0.25) is 5.91 Å². The highest BCUT2D eigenvalue weighted by atomic mass is 16.2. The molecule has 1 rings (SSSR count). The predicted octanol–water partition coefficient (Wildman–Crippen LogP) is 1.89. The van der Waals surface area contributed by atoms with E-state index in [1.165, 1.54) is 6.42 Å². The molecular weight excluding hydrogens is 264 g/mol. The molecule has 0 aromatic carbocycles. The lowest BCUT2D eigenvalue weighted by Gasteiger charge is -2.17. The van der Waals surface area contributed by atoms with E-state index in [-0.39, 0.29) is 11.8 Å². The number of nitrogens with zero attached hydrogens (tertiary/aromatic N) is 1. The summed E-state index contributed by atoms with van der Waals surface area (Å²) in [6, 6.07) is 0. The molecule has 0 heterocycles. The van der Waals surface area contributed by atoms with Gasteiger partial charge < -0.3 is 16.0 Å². The molecule has 0 bridgehead atoms. The summed E-state index contributed by atoms with van der Waals surface area (Å²) < 4.78 is 0. The Labute approximate surface area is 129 Å². The fourth-order valence-corrected chi connectivity index (χ4v) is 2.00. The zero-order valence-corrected chi connectivity index (χ0v) is 14.1. The van der Waals surface area contributed by atoms with Crippen LogP contribution in [0.2, 0.25) is 0 Å². The number of guanidine groups is 1. The van der Waals surface area contributed by atoms with E-state index < -0.39 is 0 Å². The van der Waals surface area contributed by atoms with Gasteiger partial charge in [0.25, 0.3) is 0 Å². The fraction of sp³-hybridized carbons (Fsp3) is 0.875. The Morgan fingerprint density at radius 1 is 1.14 bits per heavy atom. The summed E-state index contributed by atoms with van der Waals surface area (Å²) in [6.45, 7) is 11.9. The van der Waals surface area contributed by atoms with Gasteiger partial charge in [0.15, 0.2) is 5.96 Å². The molecule has 0 unspecified atom stereocenters. The largest absolute Gasteiger partial charge is 0.357 e. The molecule has 5 nitrogen and oxygen atoms in total. The van der Waals surface area contributed by atoms with E-state index in [1.807, 2.05) is 0 Å². The van der Waals surface area contributed by atoms with Crippen LogP contribution in [0.5, 0.6) is 0 Å². The topological polar surface area (TPSA) is 65.5 Å². The average Bonchev–Trinajstić information content (AvgIpc) is 3.22. The fourth-order valence-electron chi connectivity index (χ4n) is 2.00. The summed E-state index contributed by atoms with van der Waals surface area (Å²) in [7, 11) is 0. The highest BCUT2D eigenvalue weighted by Gasteiger charge is 2.28. The maximum absolute atomic E-state index is 11.5. The first-order valence-corrected chi connectivity index (χ1v) is 8.22. The first-order chi connectivity index (χ1) is 9.92. The Kier molecular flexibility index (Phi) is 7.54. The molecule has 1 aliphatic carbocycles. The minimum absolute atomic E-state index is 0.198. The quantitative estimate of drug-likeness (QED) is 0.364. The lowest BCUT2D eigenvalue weighted by molar-refractivity contribution is -0.122. The van der Waals surface area contributed by atoms with Crippen molar-refractivity contribution in [2.45, 2.75) is 53.4 Å². The lowest BCUT2D eigenvalue weighted by atomic mass is 9.91. The third-order valence-electron chi connectivity index (χ3n) is 3.36. The zero-order chi connectivity index (χ0) is 15.7. The van der Waals surface area contributed by atoms with Crippen LogP contribution in [0.1, 0.15) is 53.4 Å². The van der Waals surface area contributed by atoms with Crippen LogP contribution in [0.3, 0.4) is 0 Å². The number of carbonyl (C=O) groups is 1. The maximum atomic E-state index is 11.5. The van der Waals surface area contributed by atoms with Crippen LogP contribution in [0.25, 0.3) is 0 Å². The van der Waals surface area contributed by atoms with E-state index in [0.717, 1.165) is 38.3 Å². The monoisotopic (exact) mass is 296 g/mol. The molecule has 1 amide bonds. The minimum Gasteiger partial charge on any atom is -0.357 e. The van der Waals surface area contributed by atoms with E-state index in [4.69, 9.17) is 0 Å². The first kappa shape index (κ1) is 17.8. The van der Waals surface area contributed by atoms with E-state index in [0.29, 0.717) is 18.5 Å². The lowest BCUT2D eigenvalue weighted by Crippen LogP contribution is -2.41. The highest BCUT2D eigenvalue weighted by Crippen LogP contribution is 2.28. The van der Waals surface area contributed by atoms with Crippen molar-refractivity contribution in [1.82, 2.24) is 16.0 Å². The Morgan fingerprint density at radius 3 is 2.38 bits per heavy atom. The van der Waals surface area contributed by atoms with Gasteiger partial charge in [-0.25, -0.2) is 0 Å². The van der Waals surface area contributed by atoms with Gasteiger partial charge in [0.05, 0.1) is 0 Å². The Hall–Kier alpha value is -1.26. The maximum Gasteiger partial charge on any atom is 0.223 e. The van der Waals surface area contributed by atoms with Gasteiger partial charge in [-0.3, -0.25) is 9.79 Å². The van der Waals surface area contributed by atoms with Crippen LogP contribution in [-0.2, 0) is 4.79 Å². The number of amides is 1. The number of hydrogen-bond donors (Lipinski definition) is 3. The van der Waals surface area contributed by atoms with Gasteiger partial charge in [-0.1, -0.05) is 20.8 Å². The van der Waals surface area contributed by atoms with Crippen LogP contribution >= 0.6 is 0 Å². The SMILES string of the molecule is CCNC(=NCCCC(C)(C)C)NCCNC(=O)C1CC1. The van der Waals surface area contributed by atoms with E-state index in [9.17, 15) is 4.79 Å². The Morgan fingerprint density at radius 2 is 1.81 bits per heavy atom.